The van der Waals surface area contributed by atoms with Crippen LogP contribution in [0.15, 0.2) is 60.8 Å². The summed E-state index contributed by atoms with van der Waals surface area (Å²) in [5.41, 5.74) is 19.3. The number of fused-ring (bicyclic) bond motifs is 1. The minimum atomic E-state index is -1.48. The van der Waals surface area contributed by atoms with Crippen LogP contribution in [0.3, 0.4) is 0 Å². The first-order chi connectivity index (χ1) is 20.6. The average Bonchev–Trinajstić information content (AvgIpc) is 3.38. The quantitative estimate of drug-likeness (QED) is 0.0975. The highest BCUT2D eigenvalue weighted by molar-refractivity contribution is 5.96. The third-order valence-corrected chi connectivity index (χ3v) is 6.97. The highest BCUT2D eigenvalue weighted by Crippen LogP contribution is 2.19. The number of carbonyl (C=O) groups excluding carboxylic acids is 4. The average molecular weight is 594 g/mol. The van der Waals surface area contributed by atoms with Crippen molar-refractivity contribution in [3.63, 3.8) is 0 Å². The molecule has 1 aromatic heterocycles. The van der Waals surface area contributed by atoms with Crippen LogP contribution in [0.1, 0.15) is 36.8 Å². The normalized spacial score (nSPS) is 13.8. The van der Waals surface area contributed by atoms with Gasteiger partial charge in [0.2, 0.25) is 23.6 Å². The molecular formula is C30H39N7O6. The van der Waals surface area contributed by atoms with E-state index in [0.717, 1.165) is 16.5 Å². The number of amides is 4. The first-order valence-corrected chi connectivity index (χ1v) is 14.1. The topological polar surface area (TPSA) is 236 Å². The Morgan fingerprint density at radius 1 is 0.791 bits per heavy atom. The number of benzene rings is 2. The predicted molar refractivity (Wildman–Crippen MR) is 160 cm³/mol. The Kier molecular flexibility index (Phi) is 12.2. The number of aromatic amines is 1. The molecule has 43 heavy (non-hydrogen) atoms. The van der Waals surface area contributed by atoms with Gasteiger partial charge in [0, 0.05) is 23.5 Å². The first kappa shape index (κ1) is 32.8. The first-order valence-electron chi connectivity index (χ1n) is 14.1. The second-order valence-electron chi connectivity index (χ2n) is 10.3. The van der Waals surface area contributed by atoms with E-state index in [1.54, 1.807) is 6.20 Å². The van der Waals surface area contributed by atoms with Crippen LogP contribution < -0.4 is 33.2 Å². The Balaban J connectivity index is 1.71. The number of hydrogen-bond donors (Lipinski definition) is 8. The van der Waals surface area contributed by atoms with Gasteiger partial charge in [0.15, 0.2) is 0 Å². The Hall–Kier alpha value is -4.75. The maximum absolute atomic E-state index is 13.3. The Morgan fingerprint density at radius 2 is 1.42 bits per heavy atom. The molecule has 0 aliphatic carbocycles. The summed E-state index contributed by atoms with van der Waals surface area (Å²) >= 11 is 0. The van der Waals surface area contributed by atoms with Gasteiger partial charge in [-0.3, -0.25) is 19.2 Å². The van der Waals surface area contributed by atoms with Crippen LogP contribution in [0.2, 0.25) is 0 Å². The Morgan fingerprint density at radius 3 is 2.09 bits per heavy atom. The lowest BCUT2D eigenvalue weighted by molar-refractivity contribution is -0.142. The summed E-state index contributed by atoms with van der Waals surface area (Å²) in [6.45, 7) is 0.371. The summed E-state index contributed by atoms with van der Waals surface area (Å²) in [6.07, 6.45) is 2.51. The third kappa shape index (κ3) is 9.94. The largest absolute Gasteiger partial charge is 0.480 e. The van der Waals surface area contributed by atoms with Gasteiger partial charge in [0.1, 0.15) is 18.1 Å². The van der Waals surface area contributed by atoms with Crippen molar-refractivity contribution in [3.8, 4) is 0 Å². The molecule has 0 aliphatic heterocycles. The van der Waals surface area contributed by atoms with Gasteiger partial charge in [-0.1, -0.05) is 48.5 Å². The summed E-state index contributed by atoms with van der Waals surface area (Å²) in [6, 6.07) is 11.6. The molecule has 1 heterocycles. The van der Waals surface area contributed by atoms with Gasteiger partial charge in [0.25, 0.3) is 0 Å². The van der Waals surface area contributed by atoms with Crippen molar-refractivity contribution >= 4 is 40.5 Å². The molecule has 0 aliphatic rings. The molecule has 2 aromatic carbocycles. The van der Waals surface area contributed by atoms with E-state index in [0.29, 0.717) is 24.9 Å². The SMILES string of the molecule is NCCCCC(NC(=O)C(N)Cc1ccccc1)C(=O)NC(CC(N)=O)C(=O)NC(Cc1c[nH]c2ccccc12)C(=O)O. The van der Waals surface area contributed by atoms with Gasteiger partial charge in [0.05, 0.1) is 12.5 Å². The zero-order valence-corrected chi connectivity index (χ0v) is 23.8. The number of carbonyl (C=O) groups is 5. The van der Waals surface area contributed by atoms with Gasteiger partial charge in [-0.15, -0.1) is 0 Å². The molecule has 11 N–H and O–H groups in total. The van der Waals surface area contributed by atoms with Crippen LogP contribution in [-0.4, -0.2) is 70.4 Å². The third-order valence-electron chi connectivity index (χ3n) is 6.97. The minimum Gasteiger partial charge on any atom is -0.480 e. The molecule has 230 valence electrons. The predicted octanol–water partition coefficient (Wildman–Crippen LogP) is -0.176. The van der Waals surface area contributed by atoms with E-state index in [2.05, 4.69) is 20.9 Å². The zero-order chi connectivity index (χ0) is 31.4. The minimum absolute atomic E-state index is 0.0562. The van der Waals surface area contributed by atoms with Crippen molar-refractivity contribution in [2.45, 2.75) is 62.7 Å². The number of hydrogen-bond acceptors (Lipinski definition) is 7. The molecule has 3 rings (SSSR count). The number of carboxylic acid groups (broad SMARTS) is 1. The number of nitrogens with two attached hydrogens (primary N) is 3. The number of carboxylic acids is 1. The van der Waals surface area contributed by atoms with E-state index >= 15 is 0 Å². The van der Waals surface area contributed by atoms with E-state index in [-0.39, 0.29) is 19.3 Å². The summed E-state index contributed by atoms with van der Waals surface area (Å²) < 4.78 is 0. The smallest absolute Gasteiger partial charge is 0.326 e. The second-order valence-corrected chi connectivity index (χ2v) is 10.3. The van der Waals surface area contributed by atoms with E-state index < -0.39 is 60.2 Å². The van der Waals surface area contributed by atoms with Crippen molar-refractivity contribution in [1.82, 2.24) is 20.9 Å². The maximum Gasteiger partial charge on any atom is 0.326 e. The fourth-order valence-electron chi connectivity index (χ4n) is 4.68. The molecule has 0 fully saturated rings. The molecule has 4 amide bonds. The number of para-hydroxylation sites is 1. The summed E-state index contributed by atoms with van der Waals surface area (Å²) in [7, 11) is 0. The van der Waals surface area contributed by atoms with E-state index in [1.165, 1.54) is 0 Å². The lowest BCUT2D eigenvalue weighted by atomic mass is 10.0. The lowest BCUT2D eigenvalue weighted by Crippen LogP contribution is -2.58. The number of aliphatic carboxylic acids is 1. The van der Waals surface area contributed by atoms with E-state index in [9.17, 15) is 29.1 Å². The highest BCUT2D eigenvalue weighted by Gasteiger charge is 2.31. The molecule has 4 atom stereocenters. The fraction of sp³-hybridized carbons (Fsp3) is 0.367. The lowest BCUT2D eigenvalue weighted by Gasteiger charge is -2.25. The highest BCUT2D eigenvalue weighted by atomic mass is 16.4. The van der Waals surface area contributed by atoms with Crippen LogP contribution >= 0.6 is 0 Å². The van der Waals surface area contributed by atoms with E-state index in [1.807, 2.05) is 54.6 Å². The van der Waals surface area contributed by atoms with Crippen LogP contribution in [0.25, 0.3) is 10.9 Å². The molecule has 0 bridgehead atoms. The number of rotatable bonds is 17. The van der Waals surface area contributed by atoms with Gasteiger partial charge in [-0.2, -0.15) is 0 Å². The van der Waals surface area contributed by atoms with Crippen molar-refractivity contribution in [2.75, 3.05) is 6.54 Å². The second kappa shape index (κ2) is 16.0. The summed E-state index contributed by atoms with van der Waals surface area (Å²) in [5, 5.41) is 18.1. The van der Waals surface area contributed by atoms with Crippen LogP contribution in [0, 0.1) is 0 Å². The van der Waals surface area contributed by atoms with Crippen molar-refractivity contribution < 1.29 is 29.1 Å². The fourth-order valence-corrected chi connectivity index (χ4v) is 4.68. The summed E-state index contributed by atoms with van der Waals surface area (Å²) in [4.78, 5) is 66.4. The number of unbranched alkanes of at least 4 members (excludes halogenated alkanes) is 1. The summed E-state index contributed by atoms with van der Waals surface area (Å²) in [5.74, 6) is -4.42. The van der Waals surface area contributed by atoms with Gasteiger partial charge in [-0.25, -0.2) is 4.79 Å². The number of H-pyrrole nitrogens is 1. The molecule has 0 saturated heterocycles. The number of nitrogens with one attached hydrogen (secondary N) is 4. The van der Waals surface area contributed by atoms with Crippen LogP contribution in [0.5, 0.6) is 0 Å². The van der Waals surface area contributed by atoms with Crippen molar-refractivity contribution in [2.24, 2.45) is 17.2 Å². The van der Waals surface area contributed by atoms with Crippen molar-refractivity contribution in [3.05, 3.63) is 71.9 Å². The molecule has 3 aromatic rings. The number of primary amides is 1. The van der Waals surface area contributed by atoms with Crippen LogP contribution in [-0.2, 0) is 36.8 Å². The molecule has 0 saturated carbocycles. The van der Waals surface area contributed by atoms with Gasteiger partial charge in [-0.05, 0) is 49.4 Å². The van der Waals surface area contributed by atoms with Crippen molar-refractivity contribution in [1.29, 1.82) is 0 Å². The standard InChI is InChI=1S/C30H39N7O6/c31-13-7-6-12-23(35-27(39)21(32)14-18-8-2-1-3-9-18)28(40)36-24(16-26(33)38)29(41)37-25(30(42)43)15-19-17-34-22-11-5-4-10-20(19)22/h1-5,8-11,17,21,23-25,34H,6-7,12-16,31-32H2,(H2,33,38)(H,35,39)(H,36,40)(H,37,41)(H,42,43). The molecule has 13 heteroatoms. The van der Waals surface area contributed by atoms with Gasteiger partial charge < -0.3 is 43.2 Å². The number of aromatic nitrogens is 1. The zero-order valence-electron chi connectivity index (χ0n) is 23.8. The monoisotopic (exact) mass is 593 g/mol. The van der Waals surface area contributed by atoms with E-state index in [4.69, 9.17) is 17.2 Å². The maximum atomic E-state index is 13.3. The Bertz CT molecular complexity index is 1410. The molecule has 0 spiro atoms. The molecule has 0 radical (unpaired) electrons. The Labute approximate surface area is 248 Å². The van der Waals surface area contributed by atoms with Crippen LogP contribution in [0.4, 0.5) is 0 Å². The van der Waals surface area contributed by atoms with Gasteiger partial charge >= 0.3 is 5.97 Å². The molecule has 4 unspecified atom stereocenters. The molecule has 13 nitrogen and oxygen atoms in total. The molecular weight excluding hydrogens is 554 g/mol.